The molecule has 0 bridgehead atoms. The fraction of sp³-hybridized carbons (Fsp3) is 0.400. The number of aryl methyl sites for hydroxylation is 1. The van der Waals surface area contributed by atoms with Gasteiger partial charge in [0.15, 0.2) is 11.5 Å². The van der Waals surface area contributed by atoms with Crippen molar-refractivity contribution in [2.45, 2.75) is 26.6 Å². The number of rotatable bonds is 1. The summed E-state index contributed by atoms with van der Waals surface area (Å²) >= 11 is 0. The number of hydrogen-bond acceptors (Lipinski definition) is 2. The molecule has 0 aliphatic carbocycles. The largest absolute Gasteiger partial charge is 0.451 e. The van der Waals surface area contributed by atoms with Crippen LogP contribution in [0.15, 0.2) is 18.2 Å². The lowest BCUT2D eigenvalue weighted by atomic mass is 10.2. The van der Waals surface area contributed by atoms with Gasteiger partial charge in [0.25, 0.3) is 0 Å². The van der Waals surface area contributed by atoms with Gasteiger partial charge in [-0.1, -0.05) is 19.1 Å². The van der Waals surface area contributed by atoms with Crippen LogP contribution in [-0.2, 0) is 0 Å². The van der Waals surface area contributed by atoms with Crippen LogP contribution in [0.1, 0.15) is 18.9 Å². The van der Waals surface area contributed by atoms with Gasteiger partial charge < -0.3 is 9.47 Å². The normalized spacial score (nSPS) is 19.7. The smallest absolute Gasteiger partial charge is 0.241 e. The molecule has 2 heteroatoms. The molecule has 1 heterocycles. The van der Waals surface area contributed by atoms with Crippen molar-refractivity contribution in [2.75, 3.05) is 0 Å². The van der Waals surface area contributed by atoms with E-state index < -0.39 is 0 Å². The molecule has 1 aliphatic heterocycles. The van der Waals surface area contributed by atoms with E-state index in [1.54, 1.807) is 0 Å². The van der Waals surface area contributed by atoms with E-state index in [1.807, 2.05) is 32.0 Å². The Morgan fingerprint density at radius 2 is 2.17 bits per heavy atom. The third-order valence-electron chi connectivity index (χ3n) is 2.02. The highest BCUT2D eigenvalue weighted by atomic mass is 16.7. The van der Waals surface area contributed by atoms with E-state index in [4.69, 9.17) is 9.47 Å². The van der Waals surface area contributed by atoms with Crippen molar-refractivity contribution in [3.63, 3.8) is 0 Å². The highest BCUT2D eigenvalue weighted by molar-refractivity contribution is 5.47. The Balaban J connectivity index is 2.35. The lowest BCUT2D eigenvalue weighted by molar-refractivity contribution is 0.0461. The third-order valence-corrected chi connectivity index (χ3v) is 2.02. The highest BCUT2D eigenvalue weighted by Gasteiger charge is 2.23. The van der Waals surface area contributed by atoms with Gasteiger partial charge in [0, 0.05) is 6.42 Å². The van der Waals surface area contributed by atoms with Crippen LogP contribution in [0, 0.1) is 6.92 Å². The lowest BCUT2D eigenvalue weighted by Gasteiger charge is -2.05. The van der Waals surface area contributed by atoms with Crippen molar-refractivity contribution >= 4 is 0 Å². The van der Waals surface area contributed by atoms with E-state index in [1.165, 1.54) is 0 Å². The van der Waals surface area contributed by atoms with E-state index in [0.717, 1.165) is 23.5 Å². The first-order valence-electron chi connectivity index (χ1n) is 4.24. The fourth-order valence-electron chi connectivity index (χ4n) is 1.33. The average Bonchev–Trinajstić information content (AvgIpc) is 2.49. The molecule has 1 atom stereocenters. The number of benzene rings is 1. The fourth-order valence-corrected chi connectivity index (χ4v) is 1.33. The summed E-state index contributed by atoms with van der Waals surface area (Å²) < 4.78 is 11.1. The summed E-state index contributed by atoms with van der Waals surface area (Å²) in [5.74, 6) is 1.78. The first-order chi connectivity index (χ1) is 5.81. The van der Waals surface area contributed by atoms with E-state index in [9.17, 15) is 0 Å². The minimum absolute atomic E-state index is 0.0823. The average molecular weight is 164 g/mol. The molecule has 2 nitrogen and oxygen atoms in total. The van der Waals surface area contributed by atoms with E-state index in [0.29, 0.717) is 0 Å². The van der Waals surface area contributed by atoms with Gasteiger partial charge in [-0.3, -0.25) is 0 Å². The standard InChI is InChI=1S/C10H12O2/c1-3-9-11-8-6-4-5-7(2)10(8)12-9/h4-6,9H,3H2,1-2H3. The highest BCUT2D eigenvalue weighted by Crippen LogP contribution is 2.37. The maximum Gasteiger partial charge on any atom is 0.241 e. The molecule has 0 fully saturated rings. The zero-order valence-corrected chi connectivity index (χ0v) is 7.33. The first kappa shape index (κ1) is 7.47. The molecule has 0 saturated heterocycles. The Morgan fingerprint density at radius 3 is 2.83 bits per heavy atom. The van der Waals surface area contributed by atoms with Crippen molar-refractivity contribution in [3.8, 4) is 11.5 Å². The van der Waals surface area contributed by atoms with Gasteiger partial charge >= 0.3 is 0 Å². The Labute approximate surface area is 72.1 Å². The van der Waals surface area contributed by atoms with Crippen molar-refractivity contribution in [2.24, 2.45) is 0 Å². The van der Waals surface area contributed by atoms with E-state index in [-0.39, 0.29) is 6.29 Å². The van der Waals surface area contributed by atoms with Crippen molar-refractivity contribution < 1.29 is 9.47 Å². The number of para-hydroxylation sites is 1. The molecule has 0 spiro atoms. The van der Waals surface area contributed by atoms with Gasteiger partial charge in [-0.2, -0.15) is 0 Å². The predicted octanol–water partition coefficient (Wildman–Crippen LogP) is 2.50. The Kier molecular flexibility index (Phi) is 1.68. The molecule has 1 aromatic rings. The number of hydrogen-bond donors (Lipinski definition) is 0. The summed E-state index contributed by atoms with van der Waals surface area (Å²) in [5, 5.41) is 0. The topological polar surface area (TPSA) is 18.5 Å². The second-order valence-corrected chi connectivity index (χ2v) is 2.98. The van der Waals surface area contributed by atoms with Gasteiger partial charge in [-0.15, -0.1) is 0 Å². The van der Waals surface area contributed by atoms with E-state index >= 15 is 0 Å². The summed E-state index contributed by atoms with van der Waals surface area (Å²) in [6.45, 7) is 4.08. The van der Waals surface area contributed by atoms with Crippen LogP contribution < -0.4 is 9.47 Å². The summed E-state index contributed by atoms with van der Waals surface area (Å²) in [4.78, 5) is 0. The SMILES string of the molecule is CCC1Oc2cccc(C)c2O1. The van der Waals surface area contributed by atoms with Crippen molar-refractivity contribution in [1.82, 2.24) is 0 Å². The minimum atomic E-state index is -0.0823. The molecule has 0 N–H and O–H groups in total. The van der Waals surface area contributed by atoms with Crippen LogP contribution in [0.3, 0.4) is 0 Å². The van der Waals surface area contributed by atoms with Crippen molar-refractivity contribution in [3.05, 3.63) is 23.8 Å². The van der Waals surface area contributed by atoms with Gasteiger partial charge in [0.2, 0.25) is 6.29 Å². The molecule has 1 unspecified atom stereocenters. The number of ether oxygens (including phenoxy) is 2. The van der Waals surface area contributed by atoms with Crippen LogP contribution in [0.25, 0.3) is 0 Å². The van der Waals surface area contributed by atoms with Crippen LogP contribution in [0.4, 0.5) is 0 Å². The minimum Gasteiger partial charge on any atom is -0.451 e. The molecule has 64 valence electrons. The molecule has 0 radical (unpaired) electrons. The first-order valence-corrected chi connectivity index (χ1v) is 4.24. The Hall–Kier alpha value is -1.18. The number of fused-ring (bicyclic) bond motifs is 1. The Bertz CT molecular complexity index is 294. The molecule has 0 amide bonds. The molecule has 1 aliphatic rings. The summed E-state index contributed by atoms with van der Waals surface area (Å²) in [6, 6.07) is 5.95. The zero-order valence-electron chi connectivity index (χ0n) is 7.33. The monoisotopic (exact) mass is 164 g/mol. The quantitative estimate of drug-likeness (QED) is 0.635. The summed E-state index contributed by atoms with van der Waals surface area (Å²) in [6.07, 6.45) is 0.801. The summed E-state index contributed by atoms with van der Waals surface area (Å²) in [5.41, 5.74) is 1.14. The predicted molar refractivity (Wildman–Crippen MR) is 46.5 cm³/mol. The van der Waals surface area contributed by atoms with Crippen molar-refractivity contribution in [1.29, 1.82) is 0 Å². The molecule has 12 heavy (non-hydrogen) atoms. The van der Waals surface area contributed by atoms with Crippen LogP contribution in [-0.4, -0.2) is 6.29 Å². The van der Waals surface area contributed by atoms with Gasteiger partial charge in [0.05, 0.1) is 0 Å². The lowest BCUT2D eigenvalue weighted by Crippen LogP contribution is -2.15. The van der Waals surface area contributed by atoms with E-state index in [2.05, 4.69) is 0 Å². The maximum atomic E-state index is 5.56. The van der Waals surface area contributed by atoms with Gasteiger partial charge in [-0.05, 0) is 18.6 Å². The molecule has 1 aromatic carbocycles. The van der Waals surface area contributed by atoms with Gasteiger partial charge in [-0.25, -0.2) is 0 Å². The molecule has 0 saturated carbocycles. The van der Waals surface area contributed by atoms with Crippen LogP contribution >= 0.6 is 0 Å². The molecular weight excluding hydrogens is 152 g/mol. The van der Waals surface area contributed by atoms with Crippen LogP contribution in [0.5, 0.6) is 11.5 Å². The third kappa shape index (κ3) is 1.04. The zero-order chi connectivity index (χ0) is 8.55. The van der Waals surface area contributed by atoms with Crippen LogP contribution in [0.2, 0.25) is 0 Å². The summed E-state index contributed by atoms with van der Waals surface area (Å²) in [7, 11) is 0. The second-order valence-electron chi connectivity index (χ2n) is 2.98. The maximum absolute atomic E-state index is 5.56. The molecule has 2 rings (SSSR count). The molecular formula is C10H12O2. The Morgan fingerprint density at radius 1 is 1.33 bits per heavy atom. The van der Waals surface area contributed by atoms with Gasteiger partial charge in [0.1, 0.15) is 0 Å². The second kappa shape index (κ2) is 2.70. The molecule has 0 aromatic heterocycles.